The van der Waals surface area contributed by atoms with E-state index < -0.39 is 12.2 Å². The van der Waals surface area contributed by atoms with E-state index in [1.54, 1.807) is 4.90 Å². The molecule has 10 nitrogen and oxygen atoms in total. The van der Waals surface area contributed by atoms with Crippen molar-refractivity contribution in [2.45, 2.75) is 77.9 Å². The molecule has 0 saturated carbocycles. The highest BCUT2D eigenvalue weighted by atomic mass is 19.3. The fourth-order valence-corrected chi connectivity index (χ4v) is 7.68. The van der Waals surface area contributed by atoms with E-state index in [0.29, 0.717) is 57.2 Å². The van der Waals surface area contributed by atoms with Crippen molar-refractivity contribution in [3.63, 3.8) is 0 Å². The predicted molar refractivity (Wildman–Crippen MR) is 171 cm³/mol. The largest absolute Gasteiger partial charge is 0.370 e. The molecule has 3 aromatic rings. The highest BCUT2D eigenvalue weighted by molar-refractivity contribution is 6.00. The number of rotatable bonds is 7. The monoisotopic (exact) mass is 646 g/mol. The van der Waals surface area contributed by atoms with Gasteiger partial charge in [0.15, 0.2) is 6.23 Å². The molecular weight excluding hydrogens is 606 g/mol. The van der Waals surface area contributed by atoms with Crippen LogP contribution in [0.15, 0.2) is 30.5 Å². The van der Waals surface area contributed by atoms with E-state index in [-0.39, 0.29) is 24.2 Å². The Balaban J connectivity index is 1.24. The molecule has 3 saturated heterocycles. The van der Waals surface area contributed by atoms with Gasteiger partial charge in [0, 0.05) is 67.2 Å². The number of hydrogen-bond donors (Lipinski definition) is 0. The van der Waals surface area contributed by atoms with Crippen LogP contribution in [-0.2, 0) is 32.0 Å². The molecule has 1 amide bonds. The number of halogens is 2. The van der Waals surface area contributed by atoms with Crippen LogP contribution in [0.3, 0.4) is 0 Å². The molecule has 1 atom stereocenters. The minimum absolute atomic E-state index is 0.116. The van der Waals surface area contributed by atoms with Crippen molar-refractivity contribution in [2.24, 2.45) is 5.41 Å². The molecule has 1 unspecified atom stereocenters. The molecule has 3 fully saturated rings. The van der Waals surface area contributed by atoms with Gasteiger partial charge in [0.2, 0.25) is 5.91 Å². The molecule has 7 rings (SSSR count). The predicted octanol–water partition coefficient (Wildman–Crippen LogP) is 5.66. The first-order chi connectivity index (χ1) is 22.6. The number of ether oxygens (including phenoxy) is 3. The van der Waals surface area contributed by atoms with E-state index in [4.69, 9.17) is 19.6 Å². The lowest BCUT2D eigenvalue weighted by Gasteiger charge is -2.47. The number of nitrogens with zero attached hydrogens (tertiary/aromatic N) is 6. The molecule has 1 spiro atoms. The molecular formula is C35H40F2N6O4. The van der Waals surface area contributed by atoms with Crippen LogP contribution in [0.25, 0.3) is 22.0 Å². The van der Waals surface area contributed by atoms with Crippen LogP contribution < -0.4 is 4.90 Å². The summed E-state index contributed by atoms with van der Waals surface area (Å²) in [5.74, 6) is 0.452. The molecule has 0 N–H and O–H groups in total. The SMILES string of the molecule is Cc1ccc2c(cnn2C2CCCCO2)c1-c1c(C#N)c(N2CCC3(CN(C(=O)/C=C/COC(F)F)C3)C2)nc2c1COC(C)(C)C2. The normalized spacial score (nSPS) is 21.9. The molecule has 6 heterocycles. The number of pyridine rings is 1. The van der Waals surface area contributed by atoms with Gasteiger partial charge >= 0.3 is 6.61 Å². The summed E-state index contributed by atoms with van der Waals surface area (Å²) >= 11 is 0. The van der Waals surface area contributed by atoms with Crippen molar-refractivity contribution in [3.05, 3.63) is 52.9 Å². The highest BCUT2D eigenvalue weighted by Gasteiger charge is 2.50. The van der Waals surface area contributed by atoms with Crippen LogP contribution >= 0.6 is 0 Å². The molecule has 0 radical (unpaired) electrons. The summed E-state index contributed by atoms with van der Waals surface area (Å²) in [6, 6.07) is 6.74. The standard InChI is InChI=1S/C35H40F2N6O4/c1-22-9-10-27-24(17-39-43(27)29-8-4-5-13-45-29)30(22)31-23(16-38)32(40-26-15-34(2,3)47-18-25(26)31)41-12-11-35(19-41)20-42(21-35)28(44)7-6-14-46-33(36)37/h6-7,9-10,17,29,33H,4-5,8,11-15,18-21H2,1-3H3/b7-6+. The number of aryl methyl sites for hydroxylation is 1. The van der Waals surface area contributed by atoms with E-state index in [9.17, 15) is 18.8 Å². The average Bonchev–Trinajstić information content (AvgIpc) is 3.67. The van der Waals surface area contributed by atoms with Crippen molar-refractivity contribution < 1.29 is 27.8 Å². The number of likely N-dealkylation sites (tertiary alicyclic amines) is 1. The fourth-order valence-electron chi connectivity index (χ4n) is 7.68. The number of carbonyl (C=O) groups excluding carboxylic acids is 1. The Morgan fingerprint density at radius 2 is 2.06 bits per heavy atom. The van der Waals surface area contributed by atoms with Gasteiger partial charge in [-0.1, -0.05) is 12.1 Å². The number of hydrogen-bond acceptors (Lipinski definition) is 8. The van der Waals surface area contributed by atoms with Gasteiger partial charge in [0.25, 0.3) is 0 Å². The Morgan fingerprint density at radius 3 is 2.81 bits per heavy atom. The minimum Gasteiger partial charge on any atom is -0.370 e. The Kier molecular flexibility index (Phi) is 8.27. The Labute approximate surface area is 272 Å². The summed E-state index contributed by atoms with van der Waals surface area (Å²) in [7, 11) is 0. The summed E-state index contributed by atoms with van der Waals surface area (Å²) < 4.78 is 43.1. The zero-order chi connectivity index (χ0) is 32.9. The van der Waals surface area contributed by atoms with Crippen molar-refractivity contribution in [2.75, 3.05) is 44.3 Å². The first-order valence-corrected chi connectivity index (χ1v) is 16.4. The van der Waals surface area contributed by atoms with Gasteiger partial charge in [-0.15, -0.1) is 0 Å². The number of benzene rings is 1. The van der Waals surface area contributed by atoms with Crippen molar-refractivity contribution in [1.29, 1.82) is 5.26 Å². The second-order valence-corrected chi connectivity index (χ2v) is 13.9. The zero-order valence-corrected chi connectivity index (χ0v) is 27.1. The van der Waals surface area contributed by atoms with Crippen molar-refractivity contribution in [1.82, 2.24) is 19.7 Å². The van der Waals surface area contributed by atoms with Crippen LogP contribution in [0.5, 0.6) is 0 Å². The maximum absolute atomic E-state index is 12.6. The zero-order valence-electron chi connectivity index (χ0n) is 27.1. The Bertz CT molecular complexity index is 1770. The third-order valence-corrected chi connectivity index (χ3v) is 10.0. The Morgan fingerprint density at radius 1 is 1.23 bits per heavy atom. The minimum atomic E-state index is -2.87. The lowest BCUT2D eigenvalue weighted by Crippen LogP contribution is -2.59. The first kappa shape index (κ1) is 31.7. The number of fused-ring (bicyclic) bond motifs is 2. The summed E-state index contributed by atoms with van der Waals surface area (Å²) in [5.41, 5.74) is 5.73. The molecule has 2 aromatic heterocycles. The number of anilines is 1. The molecule has 12 heteroatoms. The second-order valence-electron chi connectivity index (χ2n) is 13.9. The second kappa shape index (κ2) is 12.3. The average molecular weight is 647 g/mol. The van der Waals surface area contributed by atoms with Gasteiger partial charge in [0.05, 0.1) is 36.2 Å². The first-order valence-electron chi connectivity index (χ1n) is 16.4. The molecule has 47 heavy (non-hydrogen) atoms. The number of amides is 1. The summed E-state index contributed by atoms with van der Waals surface area (Å²) in [5, 5.41) is 16.6. The maximum atomic E-state index is 12.6. The van der Waals surface area contributed by atoms with E-state index in [1.807, 2.05) is 10.9 Å². The Hall–Kier alpha value is -3.92. The van der Waals surface area contributed by atoms with Gasteiger partial charge in [-0.25, -0.2) is 9.67 Å². The summed E-state index contributed by atoms with van der Waals surface area (Å²) in [6.07, 6.45) is 8.91. The van der Waals surface area contributed by atoms with Crippen LogP contribution in [0, 0.1) is 23.7 Å². The number of nitriles is 1. The van der Waals surface area contributed by atoms with Gasteiger partial charge in [0.1, 0.15) is 17.5 Å². The van der Waals surface area contributed by atoms with Crippen LogP contribution in [0.4, 0.5) is 14.6 Å². The van der Waals surface area contributed by atoms with Crippen molar-refractivity contribution >= 4 is 22.6 Å². The van der Waals surface area contributed by atoms with Gasteiger partial charge in [-0.05, 0) is 63.6 Å². The van der Waals surface area contributed by atoms with Crippen molar-refractivity contribution in [3.8, 4) is 17.2 Å². The molecule has 4 aliphatic rings. The third-order valence-electron chi connectivity index (χ3n) is 10.0. The molecule has 4 aliphatic heterocycles. The van der Waals surface area contributed by atoms with Gasteiger partial charge in [-0.3, -0.25) is 4.79 Å². The van der Waals surface area contributed by atoms with Gasteiger partial charge < -0.3 is 24.0 Å². The smallest absolute Gasteiger partial charge is 0.345 e. The number of carbonyl (C=O) groups is 1. The van der Waals surface area contributed by atoms with E-state index in [2.05, 4.69) is 48.6 Å². The number of aromatic nitrogens is 3. The van der Waals surface area contributed by atoms with Crippen LogP contribution in [-0.4, -0.2) is 77.2 Å². The molecule has 248 valence electrons. The van der Waals surface area contributed by atoms with E-state index in [0.717, 1.165) is 64.5 Å². The van der Waals surface area contributed by atoms with Crippen LogP contribution in [0.2, 0.25) is 0 Å². The molecule has 0 bridgehead atoms. The van der Waals surface area contributed by atoms with E-state index in [1.165, 1.54) is 12.2 Å². The van der Waals surface area contributed by atoms with Crippen LogP contribution in [0.1, 0.15) is 68.1 Å². The van der Waals surface area contributed by atoms with Gasteiger partial charge in [-0.2, -0.15) is 19.1 Å². The quantitative estimate of drug-likeness (QED) is 0.303. The molecule has 1 aromatic carbocycles. The summed E-state index contributed by atoms with van der Waals surface area (Å²) in [4.78, 5) is 21.7. The highest BCUT2D eigenvalue weighted by Crippen LogP contribution is 2.47. The third kappa shape index (κ3) is 5.90. The lowest BCUT2D eigenvalue weighted by atomic mass is 9.79. The molecule has 0 aliphatic carbocycles. The fraction of sp³-hybridized carbons (Fsp3) is 0.543. The van der Waals surface area contributed by atoms with E-state index >= 15 is 0 Å². The summed E-state index contributed by atoms with van der Waals surface area (Å²) in [6.45, 7) is 6.57. The number of alkyl halides is 2. The lowest BCUT2D eigenvalue weighted by molar-refractivity contribution is -0.137. The maximum Gasteiger partial charge on any atom is 0.345 e. The topological polar surface area (TPSA) is 106 Å².